The molecule has 73 heavy (non-hydrogen) atoms. The van der Waals surface area contributed by atoms with Crippen molar-refractivity contribution in [2.24, 2.45) is 11.3 Å². The number of aliphatic hydroxyl groups excluding tert-OH is 1. The van der Waals surface area contributed by atoms with Crippen molar-refractivity contribution < 1.29 is 42.3 Å². The van der Waals surface area contributed by atoms with Crippen LogP contribution >= 0.6 is 22.7 Å². The van der Waals surface area contributed by atoms with Crippen molar-refractivity contribution in [3.63, 3.8) is 0 Å². The molecule has 2 saturated heterocycles. The molecule has 6 N–H and O–H groups in total. The van der Waals surface area contributed by atoms with Crippen LogP contribution in [0.1, 0.15) is 54.4 Å². The van der Waals surface area contributed by atoms with E-state index in [1.165, 1.54) is 39.6 Å². The highest BCUT2D eigenvalue weighted by molar-refractivity contribution is 7.89. The van der Waals surface area contributed by atoms with Crippen LogP contribution < -0.4 is 26.6 Å². The quantitative estimate of drug-likeness (QED) is 0.0765. The SMILES string of the molecule is Cc1ncsc1-c1ccc(CNC(=O)[C@@H]2C[C@@H](O)CN2C(=O)[C@@H](NC(=O)N2CC(C(=O)NCc3cccc(-c4cccc(-c5csc(NC(=O)CNC(=O)c6ccn(S(C)(=O)=O)c6)n5)c4)c3)C2)C(C)(C)C)cc1. The number of anilines is 1. The molecule has 0 saturated carbocycles. The van der Waals surface area contributed by atoms with Gasteiger partial charge in [-0.2, -0.15) is 0 Å². The topological polar surface area (TPSA) is 254 Å². The summed E-state index contributed by atoms with van der Waals surface area (Å²) in [6.07, 6.45) is 2.58. The summed E-state index contributed by atoms with van der Waals surface area (Å²) in [6.45, 7) is 7.77. The van der Waals surface area contributed by atoms with Crippen molar-refractivity contribution in [3.05, 3.63) is 125 Å². The summed E-state index contributed by atoms with van der Waals surface area (Å²) in [5.41, 5.74) is 8.05. The molecule has 0 bridgehead atoms. The first-order chi connectivity index (χ1) is 34.7. The Balaban J connectivity index is 0.795. The van der Waals surface area contributed by atoms with E-state index in [0.717, 1.165) is 54.2 Å². The Morgan fingerprint density at radius 2 is 1.51 bits per heavy atom. The monoisotopic (exact) mass is 1050 g/mol. The number of carbonyl (C=O) groups is 6. The van der Waals surface area contributed by atoms with Gasteiger partial charge in [0.2, 0.25) is 33.7 Å². The first-order valence-electron chi connectivity index (χ1n) is 23.4. The fraction of sp³-hybridized carbons (Fsp3) is 0.333. The van der Waals surface area contributed by atoms with E-state index >= 15 is 0 Å². The molecular weight excluding hydrogens is 993 g/mol. The van der Waals surface area contributed by atoms with Crippen molar-refractivity contribution >= 4 is 73.4 Å². The number of β-amino-alcohol motifs (C(OH)–C–C–N with tert-alkyl or cyclic N) is 1. The van der Waals surface area contributed by atoms with Crippen LogP contribution in [0.25, 0.3) is 32.8 Å². The third kappa shape index (κ3) is 12.7. The number of amides is 7. The summed E-state index contributed by atoms with van der Waals surface area (Å²) in [6, 6.07) is 22.1. The highest BCUT2D eigenvalue weighted by atomic mass is 32.2. The lowest BCUT2D eigenvalue weighted by atomic mass is 9.85. The van der Waals surface area contributed by atoms with Crippen molar-refractivity contribution in [2.75, 3.05) is 37.8 Å². The Kier molecular flexibility index (Phi) is 15.6. The van der Waals surface area contributed by atoms with Crippen LogP contribution in [0.3, 0.4) is 0 Å². The predicted molar refractivity (Wildman–Crippen MR) is 278 cm³/mol. The fourth-order valence-electron chi connectivity index (χ4n) is 8.47. The molecule has 19 nitrogen and oxygen atoms in total. The summed E-state index contributed by atoms with van der Waals surface area (Å²) in [7, 11) is -3.55. The van der Waals surface area contributed by atoms with Gasteiger partial charge in [-0.1, -0.05) is 81.4 Å². The first-order valence-corrected chi connectivity index (χ1v) is 27.0. The van der Waals surface area contributed by atoms with Crippen LogP contribution in [0.15, 0.2) is 102 Å². The standard InChI is InChI=1S/C51H56N10O9S3/c1-30-43(72-29-55-30)33-14-12-31(13-15-33)21-53-47(66)41-20-39(62)27-61(41)48(67)44(51(2,3)4)58-50(68)59-24-38(25-59)46(65)52-22-32-8-6-9-34(18-32)35-10-7-11-36(19-35)40-28-71-49(56-40)57-42(63)23-54-45(64)37-16-17-60(26-37)73(5,69)70/h6-19,26,28-29,38-39,41,44,62H,20-25,27H2,1-5H3,(H,52,65)(H,53,66)(H,54,64)(H,58,68)(H,56,57,63)/t39-,41+,44-/m1/s1. The second-order valence-electron chi connectivity index (χ2n) is 19.2. The minimum atomic E-state index is -3.55. The molecule has 3 aromatic carbocycles. The van der Waals surface area contributed by atoms with Gasteiger partial charge in [0, 0.05) is 62.5 Å². The number of nitrogens with zero attached hydrogens (tertiary/aromatic N) is 5. The second-order valence-corrected chi connectivity index (χ2v) is 22.8. The van der Waals surface area contributed by atoms with Crippen LogP contribution in [0.5, 0.6) is 0 Å². The van der Waals surface area contributed by atoms with Gasteiger partial charge in [-0.25, -0.2) is 23.2 Å². The Morgan fingerprint density at radius 3 is 2.19 bits per heavy atom. The Hall–Kier alpha value is -7.27. The lowest BCUT2D eigenvalue weighted by Crippen LogP contribution is -2.63. The lowest BCUT2D eigenvalue weighted by Gasteiger charge is -2.41. The van der Waals surface area contributed by atoms with E-state index in [0.29, 0.717) is 10.8 Å². The number of likely N-dealkylation sites (tertiary alicyclic amines) is 2. The summed E-state index contributed by atoms with van der Waals surface area (Å²) in [5, 5.41) is 26.7. The zero-order chi connectivity index (χ0) is 52.2. The number of benzene rings is 3. The Bertz CT molecular complexity index is 3160. The molecule has 3 atom stereocenters. The van der Waals surface area contributed by atoms with Crippen molar-refractivity contribution in [1.29, 1.82) is 0 Å². The molecule has 5 heterocycles. The number of hydrogen-bond donors (Lipinski definition) is 6. The third-order valence-electron chi connectivity index (χ3n) is 12.6. The van der Waals surface area contributed by atoms with Gasteiger partial charge in [0.25, 0.3) is 5.91 Å². The molecule has 2 fully saturated rings. The van der Waals surface area contributed by atoms with E-state index in [4.69, 9.17) is 0 Å². The van der Waals surface area contributed by atoms with Crippen molar-refractivity contribution in [3.8, 4) is 32.8 Å². The lowest BCUT2D eigenvalue weighted by molar-refractivity contribution is -0.142. The van der Waals surface area contributed by atoms with Crippen LogP contribution in [0.4, 0.5) is 9.93 Å². The normalized spacial score (nSPS) is 16.3. The molecule has 3 aromatic heterocycles. The molecule has 0 aliphatic carbocycles. The zero-order valence-corrected chi connectivity index (χ0v) is 43.2. The molecule has 0 radical (unpaired) electrons. The summed E-state index contributed by atoms with van der Waals surface area (Å²) in [5.74, 6) is -2.67. The highest BCUT2D eigenvalue weighted by Gasteiger charge is 2.46. The number of nitrogens with one attached hydrogen (secondary N) is 5. The number of thiazole rings is 2. The molecule has 7 amide bonds. The number of aromatic nitrogens is 3. The van der Waals surface area contributed by atoms with Crippen LogP contribution in [-0.2, 0) is 42.3 Å². The van der Waals surface area contributed by atoms with Gasteiger partial charge >= 0.3 is 6.03 Å². The number of aliphatic hydroxyl groups is 1. The molecule has 382 valence electrons. The van der Waals surface area contributed by atoms with Gasteiger partial charge in [0.15, 0.2) is 5.13 Å². The number of hydrogen-bond acceptors (Lipinski definition) is 13. The van der Waals surface area contributed by atoms with Crippen LogP contribution in [0.2, 0.25) is 0 Å². The molecule has 22 heteroatoms. The Labute approximate surface area is 430 Å². The highest BCUT2D eigenvalue weighted by Crippen LogP contribution is 2.31. The van der Waals surface area contributed by atoms with Gasteiger partial charge in [-0.3, -0.25) is 27.9 Å². The van der Waals surface area contributed by atoms with Crippen LogP contribution in [-0.4, -0.2) is 123 Å². The van der Waals surface area contributed by atoms with Crippen molar-refractivity contribution in [1.82, 2.24) is 45.0 Å². The van der Waals surface area contributed by atoms with Gasteiger partial charge in [-0.05, 0) is 58.4 Å². The van der Waals surface area contributed by atoms with E-state index < -0.39 is 69.2 Å². The largest absolute Gasteiger partial charge is 0.391 e. The number of urea groups is 1. The number of aryl methyl sites for hydroxylation is 1. The number of carbonyl (C=O) groups excluding carboxylic acids is 6. The molecule has 8 rings (SSSR count). The van der Waals surface area contributed by atoms with E-state index in [1.807, 2.05) is 100 Å². The second kappa shape index (κ2) is 21.8. The van der Waals surface area contributed by atoms with E-state index in [9.17, 15) is 42.3 Å². The maximum atomic E-state index is 14.2. The van der Waals surface area contributed by atoms with E-state index in [2.05, 4.69) is 36.6 Å². The maximum Gasteiger partial charge on any atom is 0.318 e. The molecule has 2 aliphatic rings. The molecular formula is C51H56N10O9S3. The maximum absolute atomic E-state index is 14.2. The zero-order valence-electron chi connectivity index (χ0n) is 40.7. The first kappa shape index (κ1) is 52.1. The molecule has 0 unspecified atom stereocenters. The average Bonchev–Trinajstić information content (AvgIpc) is 4.19. The minimum Gasteiger partial charge on any atom is -0.391 e. The van der Waals surface area contributed by atoms with Gasteiger partial charge in [-0.15, -0.1) is 22.7 Å². The van der Waals surface area contributed by atoms with Crippen molar-refractivity contribution in [2.45, 2.75) is 65.4 Å². The predicted octanol–water partition coefficient (Wildman–Crippen LogP) is 4.84. The van der Waals surface area contributed by atoms with Crippen LogP contribution in [0, 0.1) is 18.3 Å². The fourth-order valence-corrected chi connectivity index (χ4v) is 10.6. The summed E-state index contributed by atoms with van der Waals surface area (Å²) >= 11 is 2.78. The average molecular weight is 1050 g/mol. The molecule has 6 aromatic rings. The van der Waals surface area contributed by atoms with E-state index in [-0.39, 0.29) is 57.2 Å². The summed E-state index contributed by atoms with van der Waals surface area (Å²) in [4.78, 5) is 92.4. The Morgan fingerprint density at radius 1 is 0.822 bits per heavy atom. The smallest absolute Gasteiger partial charge is 0.318 e. The molecule has 2 aliphatic heterocycles. The minimum absolute atomic E-state index is 0.0523. The van der Waals surface area contributed by atoms with E-state index in [1.54, 1.807) is 22.2 Å². The summed E-state index contributed by atoms with van der Waals surface area (Å²) < 4.78 is 24.3. The van der Waals surface area contributed by atoms with Gasteiger partial charge < -0.3 is 41.5 Å². The molecule has 0 spiro atoms. The number of rotatable bonds is 16. The van der Waals surface area contributed by atoms with Gasteiger partial charge in [0.05, 0.1) is 52.2 Å². The van der Waals surface area contributed by atoms with Gasteiger partial charge in [0.1, 0.15) is 12.1 Å². The third-order valence-corrected chi connectivity index (χ3v) is 15.3.